The SMILES string of the molecule is CC\C=C/C=C/C=C/C=C\C=C\C=C\CCCCC(O)C(=O)NC(COC1OC(CO)C(O)C(O)C1OC(=O)CCCCCCCCCCCCCCC/C=C/CCCCCCCC)C(O)/C=C/CCCCCCCCCCCC. The van der Waals surface area contributed by atoms with Gasteiger partial charge in [-0.05, 0) is 70.6 Å². The van der Waals surface area contributed by atoms with Gasteiger partial charge in [0.15, 0.2) is 12.4 Å². The highest BCUT2D eigenvalue weighted by atomic mass is 16.7. The second-order valence-corrected chi connectivity index (χ2v) is 22.3. The molecule has 0 bridgehead atoms. The number of hydrogen-bond acceptors (Lipinski definition) is 10. The van der Waals surface area contributed by atoms with Gasteiger partial charge in [-0.25, -0.2) is 0 Å². The smallest absolute Gasteiger partial charge is 0.306 e. The lowest BCUT2D eigenvalue weighted by molar-refractivity contribution is -0.305. The van der Waals surface area contributed by atoms with E-state index in [0.29, 0.717) is 12.8 Å². The molecule has 1 aliphatic rings. The Morgan fingerprint density at radius 1 is 0.500 bits per heavy atom. The molecule has 1 heterocycles. The van der Waals surface area contributed by atoms with Gasteiger partial charge in [0, 0.05) is 6.42 Å². The number of aliphatic hydroxyl groups is 5. The molecule has 1 aliphatic heterocycles. The summed E-state index contributed by atoms with van der Waals surface area (Å²) in [6.07, 6.45) is 64.5. The number of aliphatic hydroxyl groups excluding tert-OH is 5. The summed E-state index contributed by atoms with van der Waals surface area (Å²) in [6, 6.07) is -1.05. The zero-order valence-electron chi connectivity index (χ0n) is 50.9. The number of amides is 1. The number of carbonyl (C=O) groups excluding carboxylic acids is 2. The summed E-state index contributed by atoms with van der Waals surface area (Å²) in [6.45, 7) is 5.62. The first-order valence-electron chi connectivity index (χ1n) is 32.6. The number of hydrogen-bond donors (Lipinski definition) is 6. The quantitative estimate of drug-likeness (QED) is 0.0149. The molecule has 80 heavy (non-hydrogen) atoms. The Morgan fingerprint density at radius 3 is 1.39 bits per heavy atom. The molecule has 0 aromatic heterocycles. The summed E-state index contributed by atoms with van der Waals surface area (Å²) in [5, 5.41) is 57.0. The minimum atomic E-state index is -1.63. The fourth-order valence-electron chi connectivity index (χ4n) is 9.74. The number of unbranched alkanes of at least 4 members (excludes halogenated alkanes) is 31. The van der Waals surface area contributed by atoms with E-state index in [1.165, 1.54) is 154 Å². The van der Waals surface area contributed by atoms with Gasteiger partial charge >= 0.3 is 5.97 Å². The third-order valence-electron chi connectivity index (χ3n) is 14.9. The van der Waals surface area contributed by atoms with Crippen molar-refractivity contribution in [3.63, 3.8) is 0 Å². The maximum absolute atomic E-state index is 13.4. The minimum absolute atomic E-state index is 0.114. The number of esters is 1. The van der Waals surface area contributed by atoms with Gasteiger partial charge in [0.05, 0.1) is 25.4 Å². The van der Waals surface area contributed by atoms with Crippen molar-refractivity contribution in [3.8, 4) is 0 Å². The Hall–Kier alpha value is -3.42. The zero-order chi connectivity index (χ0) is 58.2. The highest BCUT2D eigenvalue weighted by Gasteiger charge is 2.47. The fraction of sp³-hybridized carbons (Fsp3) is 0.739. The van der Waals surface area contributed by atoms with E-state index in [0.717, 1.165) is 64.2 Å². The molecular formula is C69H119NO10. The van der Waals surface area contributed by atoms with Crippen LogP contribution in [0.1, 0.15) is 265 Å². The Balaban J connectivity index is 2.65. The number of nitrogens with one attached hydrogen (secondary N) is 1. The van der Waals surface area contributed by atoms with Crippen LogP contribution in [-0.2, 0) is 23.8 Å². The van der Waals surface area contributed by atoms with Crippen LogP contribution in [0.2, 0.25) is 0 Å². The predicted octanol–water partition coefficient (Wildman–Crippen LogP) is 15.9. The lowest BCUT2D eigenvalue weighted by atomic mass is 9.99. The van der Waals surface area contributed by atoms with Crippen LogP contribution in [0.4, 0.5) is 0 Å². The van der Waals surface area contributed by atoms with Gasteiger partial charge in [-0.1, -0.05) is 285 Å². The van der Waals surface area contributed by atoms with Crippen LogP contribution in [0, 0.1) is 0 Å². The second kappa shape index (κ2) is 56.1. The standard InChI is InChI=1S/C69H119NO10/c1-4-7-10-13-16-19-22-25-27-29-30-31-32-33-34-35-37-39-42-45-48-51-54-57-64(74)80-67-66(76)65(75)63(58-71)79-69(67)78-59-60(61(72)55-52-49-46-43-40-24-21-18-15-12-9-6-3)70-68(77)62(73)56-53-50-47-44-41-38-36-28-26-23-20-17-14-11-8-5-2/h8,11,14,17,20,23,25-28,36,38,41,44,52,55,60-63,65-67,69,71-73,75-76H,4-7,9-10,12-13,15-16,18-19,21-22,24,29-35,37,39-40,42-43,45-51,53-54,56-59H2,1-3H3,(H,70,77)/b11-8-,17-14+,23-20+,27-25+,28-26-,38-36+,44-41+,55-52+. The summed E-state index contributed by atoms with van der Waals surface area (Å²) in [4.78, 5) is 26.6. The van der Waals surface area contributed by atoms with Crippen molar-refractivity contribution >= 4 is 11.9 Å². The van der Waals surface area contributed by atoms with Gasteiger partial charge in [0.1, 0.15) is 24.4 Å². The van der Waals surface area contributed by atoms with Crippen LogP contribution in [0.3, 0.4) is 0 Å². The van der Waals surface area contributed by atoms with E-state index < -0.39 is 67.4 Å². The van der Waals surface area contributed by atoms with Gasteiger partial charge in [-0.2, -0.15) is 0 Å². The lowest BCUT2D eigenvalue weighted by Crippen LogP contribution is -2.61. The Kier molecular flexibility index (Phi) is 52.3. The van der Waals surface area contributed by atoms with Crippen molar-refractivity contribution in [2.24, 2.45) is 0 Å². The average Bonchev–Trinajstić information content (AvgIpc) is 3.46. The van der Waals surface area contributed by atoms with Crippen molar-refractivity contribution in [2.75, 3.05) is 13.2 Å². The number of allylic oxidation sites excluding steroid dienone is 15. The molecule has 0 saturated carbocycles. The molecule has 1 rings (SSSR count). The molecule has 0 radical (unpaired) electrons. The monoisotopic (exact) mass is 1120 g/mol. The van der Waals surface area contributed by atoms with Crippen molar-refractivity contribution in [3.05, 3.63) is 97.2 Å². The maximum Gasteiger partial charge on any atom is 0.306 e. The average molecular weight is 1120 g/mol. The molecule has 6 N–H and O–H groups in total. The van der Waals surface area contributed by atoms with E-state index in [4.69, 9.17) is 14.2 Å². The summed E-state index contributed by atoms with van der Waals surface area (Å²) >= 11 is 0. The summed E-state index contributed by atoms with van der Waals surface area (Å²) < 4.78 is 17.6. The molecular weight excluding hydrogens is 1000 g/mol. The first-order chi connectivity index (χ1) is 39.2. The largest absolute Gasteiger partial charge is 0.454 e. The van der Waals surface area contributed by atoms with Crippen LogP contribution >= 0.6 is 0 Å². The van der Waals surface area contributed by atoms with Crippen LogP contribution in [-0.4, -0.2) is 99.6 Å². The molecule has 0 spiro atoms. The maximum atomic E-state index is 13.4. The fourth-order valence-corrected chi connectivity index (χ4v) is 9.74. The Bertz CT molecular complexity index is 1670. The third-order valence-corrected chi connectivity index (χ3v) is 14.9. The van der Waals surface area contributed by atoms with E-state index >= 15 is 0 Å². The second-order valence-electron chi connectivity index (χ2n) is 22.3. The van der Waals surface area contributed by atoms with Gasteiger partial charge in [0.25, 0.3) is 0 Å². The Labute approximate surface area is 488 Å². The van der Waals surface area contributed by atoms with E-state index in [1.54, 1.807) is 6.08 Å². The van der Waals surface area contributed by atoms with Crippen molar-refractivity contribution in [1.82, 2.24) is 5.32 Å². The molecule has 1 saturated heterocycles. The minimum Gasteiger partial charge on any atom is -0.454 e. The first-order valence-corrected chi connectivity index (χ1v) is 32.6. The predicted molar refractivity (Wildman–Crippen MR) is 333 cm³/mol. The molecule has 0 aromatic rings. The normalized spacial score (nSPS) is 19.4. The highest BCUT2D eigenvalue weighted by Crippen LogP contribution is 2.26. The summed E-state index contributed by atoms with van der Waals surface area (Å²) in [5.41, 5.74) is 0. The topological polar surface area (TPSA) is 175 Å². The van der Waals surface area contributed by atoms with Crippen molar-refractivity contribution in [2.45, 2.75) is 314 Å². The van der Waals surface area contributed by atoms with Crippen LogP contribution in [0.5, 0.6) is 0 Å². The van der Waals surface area contributed by atoms with E-state index in [-0.39, 0.29) is 19.4 Å². The summed E-state index contributed by atoms with van der Waals surface area (Å²) in [5.74, 6) is -1.24. The van der Waals surface area contributed by atoms with E-state index in [2.05, 4.69) is 44.3 Å². The zero-order valence-corrected chi connectivity index (χ0v) is 50.9. The van der Waals surface area contributed by atoms with Crippen molar-refractivity contribution in [1.29, 1.82) is 0 Å². The molecule has 11 nitrogen and oxygen atoms in total. The lowest BCUT2D eigenvalue weighted by Gasteiger charge is -2.41. The summed E-state index contributed by atoms with van der Waals surface area (Å²) in [7, 11) is 0. The third kappa shape index (κ3) is 43.3. The van der Waals surface area contributed by atoms with E-state index in [1.807, 2.05) is 72.9 Å². The molecule has 8 unspecified atom stereocenters. The highest BCUT2D eigenvalue weighted by molar-refractivity contribution is 5.80. The van der Waals surface area contributed by atoms with Gasteiger partial charge < -0.3 is 45.1 Å². The van der Waals surface area contributed by atoms with E-state index in [9.17, 15) is 35.1 Å². The van der Waals surface area contributed by atoms with Crippen molar-refractivity contribution < 1.29 is 49.3 Å². The van der Waals surface area contributed by atoms with Gasteiger partial charge in [-0.3, -0.25) is 9.59 Å². The van der Waals surface area contributed by atoms with Crippen LogP contribution in [0.25, 0.3) is 0 Å². The van der Waals surface area contributed by atoms with Crippen LogP contribution in [0.15, 0.2) is 97.2 Å². The number of carbonyl (C=O) groups is 2. The number of ether oxygens (including phenoxy) is 3. The molecule has 0 aromatic carbocycles. The Morgan fingerprint density at radius 2 is 0.912 bits per heavy atom. The molecule has 460 valence electrons. The molecule has 1 amide bonds. The molecule has 1 fully saturated rings. The number of rotatable bonds is 54. The molecule has 11 heteroatoms. The van der Waals surface area contributed by atoms with Gasteiger partial charge in [0.2, 0.25) is 5.91 Å². The molecule has 0 aliphatic carbocycles. The first kappa shape index (κ1) is 74.6. The molecule has 8 atom stereocenters. The van der Waals surface area contributed by atoms with Crippen LogP contribution < -0.4 is 5.32 Å². The van der Waals surface area contributed by atoms with Gasteiger partial charge in [-0.15, -0.1) is 0 Å².